The first-order valence-corrected chi connectivity index (χ1v) is 7.21. The van der Waals surface area contributed by atoms with Gasteiger partial charge in [0.15, 0.2) is 0 Å². The molecule has 3 aromatic rings. The summed E-state index contributed by atoms with van der Waals surface area (Å²) in [5.74, 6) is 0. The minimum Gasteiger partial charge on any atom is -0.341 e. The fourth-order valence-electron chi connectivity index (χ4n) is 2.61. The van der Waals surface area contributed by atoms with Gasteiger partial charge < -0.3 is 4.57 Å². The van der Waals surface area contributed by atoms with Gasteiger partial charge >= 0.3 is 0 Å². The topological polar surface area (TPSA) is 46.5 Å². The van der Waals surface area contributed by atoms with Crippen molar-refractivity contribution in [2.75, 3.05) is 0 Å². The van der Waals surface area contributed by atoms with Crippen LogP contribution < -0.4 is 0 Å². The molecule has 0 saturated carbocycles. The van der Waals surface area contributed by atoms with E-state index in [1.165, 1.54) is 0 Å². The standard InChI is InChI=1S/C16H15ClN4/c1-3-13-16(17)15(20(2)19-13)10-21-8-7-12-11(9-18)5-4-6-14(12)21/h4-8H,3,10H2,1-2H3. The van der Waals surface area contributed by atoms with Gasteiger partial charge in [-0.05, 0) is 24.6 Å². The number of aromatic nitrogens is 3. The average Bonchev–Trinajstić information content (AvgIpc) is 3.03. The van der Waals surface area contributed by atoms with Crippen LogP contribution in [0.25, 0.3) is 10.9 Å². The van der Waals surface area contributed by atoms with Crippen LogP contribution in [-0.2, 0) is 20.0 Å². The van der Waals surface area contributed by atoms with E-state index >= 15 is 0 Å². The van der Waals surface area contributed by atoms with Gasteiger partial charge in [0.1, 0.15) is 0 Å². The number of rotatable bonds is 3. The highest BCUT2D eigenvalue weighted by molar-refractivity contribution is 6.31. The van der Waals surface area contributed by atoms with Gasteiger partial charge in [0, 0.05) is 24.1 Å². The SMILES string of the molecule is CCc1nn(C)c(Cn2ccc3c(C#N)cccc32)c1Cl. The molecule has 0 radical (unpaired) electrons. The lowest BCUT2D eigenvalue weighted by molar-refractivity contribution is 0.670. The molecule has 0 spiro atoms. The fourth-order valence-corrected chi connectivity index (χ4v) is 2.97. The van der Waals surface area contributed by atoms with Crippen molar-refractivity contribution in [3.05, 3.63) is 52.4 Å². The van der Waals surface area contributed by atoms with Gasteiger partial charge in [0.2, 0.25) is 0 Å². The first kappa shape index (κ1) is 13.7. The smallest absolute Gasteiger partial charge is 0.0998 e. The Morgan fingerprint density at radius 1 is 1.33 bits per heavy atom. The summed E-state index contributed by atoms with van der Waals surface area (Å²) in [4.78, 5) is 0. The highest BCUT2D eigenvalue weighted by atomic mass is 35.5. The first-order valence-electron chi connectivity index (χ1n) is 6.84. The number of aryl methyl sites for hydroxylation is 2. The van der Waals surface area contributed by atoms with Crippen molar-refractivity contribution in [1.82, 2.24) is 14.3 Å². The van der Waals surface area contributed by atoms with Crippen LogP contribution in [0, 0.1) is 11.3 Å². The Labute approximate surface area is 128 Å². The molecular weight excluding hydrogens is 284 g/mol. The van der Waals surface area contributed by atoms with Crippen molar-refractivity contribution < 1.29 is 0 Å². The molecule has 0 unspecified atom stereocenters. The van der Waals surface area contributed by atoms with Crippen LogP contribution in [0.2, 0.25) is 5.02 Å². The number of benzene rings is 1. The maximum atomic E-state index is 9.16. The summed E-state index contributed by atoms with van der Waals surface area (Å²) in [6.45, 7) is 2.68. The predicted octanol–water partition coefficient (Wildman–Crippen LogP) is 3.51. The van der Waals surface area contributed by atoms with E-state index in [9.17, 15) is 0 Å². The largest absolute Gasteiger partial charge is 0.341 e. The van der Waals surface area contributed by atoms with Crippen LogP contribution in [0.15, 0.2) is 30.5 Å². The second-order valence-corrected chi connectivity index (χ2v) is 5.36. The minimum absolute atomic E-state index is 0.640. The summed E-state index contributed by atoms with van der Waals surface area (Å²) >= 11 is 6.41. The summed E-state index contributed by atoms with van der Waals surface area (Å²) in [7, 11) is 1.91. The van der Waals surface area contributed by atoms with Crippen molar-refractivity contribution in [2.45, 2.75) is 19.9 Å². The Kier molecular flexibility index (Phi) is 3.44. The summed E-state index contributed by atoms with van der Waals surface area (Å²) < 4.78 is 3.93. The molecule has 21 heavy (non-hydrogen) atoms. The van der Waals surface area contributed by atoms with E-state index in [-0.39, 0.29) is 0 Å². The highest BCUT2D eigenvalue weighted by Crippen LogP contribution is 2.25. The minimum atomic E-state index is 0.640. The zero-order chi connectivity index (χ0) is 15.0. The lowest BCUT2D eigenvalue weighted by Crippen LogP contribution is -2.05. The highest BCUT2D eigenvalue weighted by Gasteiger charge is 2.14. The van der Waals surface area contributed by atoms with E-state index in [0.717, 1.165) is 33.7 Å². The average molecular weight is 299 g/mol. The number of hydrogen-bond donors (Lipinski definition) is 0. The molecule has 3 rings (SSSR count). The normalized spacial score (nSPS) is 11.0. The zero-order valence-electron chi connectivity index (χ0n) is 12.0. The number of nitriles is 1. The molecule has 0 atom stereocenters. The second-order valence-electron chi connectivity index (χ2n) is 4.98. The molecule has 0 N–H and O–H groups in total. The van der Waals surface area contributed by atoms with Crippen LogP contribution in [0.3, 0.4) is 0 Å². The molecule has 0 bridgehead atoms. The molecule has 0 aliphatic carbocycles. The molecule has 1 aromatic carbocycles. The van der Waals surface area contributed by atoms with E-state index in [1.54, 1.807) is 0 Å². The molecule has 0 saturated heterocycles. The van der Waals surface area contributed by atoms with Gasteiger partial charge in [0.25, 0.3) is 0 Å². The predicted molar refractivity (Wildman–Crippen MR) is 83.4 cm³/mol. The van der Waals surface area contributed by atoms with Gasteiger partial charge in [-0.15, -0.1) is 0 Å². The van der Waals surface area contributed by atoms with Crippen molar-refractivity contribution in [3.8, 4) is 6.07 Å². The monoisotopic (exact) mass is 298 g/mol. The van der Waals surface area contributed by atoms with E-state index < -0.39 is 0 Å². The van der Waals surface area contributed by atoms with Crippen LogP contribution in [-0.4, -0.2) is 14.3 Å². The molecule has 0 fully saturated rings. The van der Waals surface area contributed by atoms with Crippen LogP contribution in [0.5, 0.6) is 0 Å². The van der Waals surface area contributed by atoms with Gasteiger partial charge in [0.05, 0.1) is 34.6 Å². The van der Waals surface area contributed by atoms with Gasteiger partial charge in [-0.25, -0.2) is 0 Å². The van der Waals surface area contributed by atoms with Crippen molar-refractivity contribution in [3.63, 3.8) is 0 Å². The van der Waals surface area contributed by atoms with Crippen LogP contribution in [0.1, 0.15) is 23.9 Å². The first-order chi connectivity index (χ1) is 10.2. The molecule has 0 aliphatic heterocycles. The Morgan fingerprint density at radius 2 is 2.14 bits per heavy atom. The lowest BCUT2D eigenvalue weighted by Gasteiger charge is -2.07. The number of fused-ring (bicyclic) bond motifs is 1. The van der Waals surface area contributed by atoms with Crippen LogP contribution in [0.4, 0.5) is 0 Å². The Bertz CT molecular complexity index is 851. The fraction of sp³-hybridized carbons (Fsp3) is 0.250. The van der Waals surface area contributed by atoms with E-state index in [4.69, 9.17) is 16.9 Å². The lowest BCUT2D eigenvalue weighted by atomic mass is 10.1. The number of hydrogen-bond acceptors (Lipinski definition) is 2. The summed E-state index contributed by atoms with van der Waals surface area (Å²) in [5, 5.41) is 15.3. The Balaban J connectivity index is 2.08. The van der Waals surface area contributed by atoms with E-state index in [0.29, 0.717) is 12.1 Å². The Morgan fingerprint density at radius 3 is 2.81 bits per heavy atom. The molecule has 4 nitrogen and oxygen atoms in total. The maximum Gasteiger partial charge on any atom is 0.0998 e. The van der Waals surface area contributed by atoms with Gasteiger partial charge in [-0.2, -0.15) is 10.4 Å². The van der Waals surface area contributed by atoms with Gasteiger partial charge in [-0.1, -0.05) is 24.6 Å². The summed E-state index contributed by atoms with van der Waals surface area (Å²) in [6, 6.07) is 9.95. The summed E-state index contributed by atoms with van der Waals surface area (Å²) in [6.07, 6.45) is 2.80. The number of nitrogens with zero attached hydrogens (tertiary/aromatic N) is 4. The van der Waals surface area contributed by atoms with Gasteiger partial charge in [-0.3, -0.25) is 4.68 Å². The van der Waals surface area contributed by atoms with Crippen molar-refractivity contribution in [1.29, 1.82) is 5.26 Å². The number of halogens is 1. The molecule has 0 amide bonds. The second kappa shape index (κ2) is 5.27. The molecule has 5 heteroatoms. The molecule has 2 aromatic heterocycles. The zero-order valence-corrected chi connectivity index (χ0v) is 12.7. The summed E-state index contributed by atoms with van der Waals surface area (Å²) in [5.41, 5.74) is 3.62. The third kappa shape index (κ3) is 2.20. The molecule has 0 aliphatic rings. The molecule has 2 heterocycles. The maximum absolute atomic E-state index is 9.16. The third-order valence-corrected chi connectivity index (χ3v) is 4.19. The third-order valence-electron chi connectivity index (χ3n) is 3.76. The Hall–Kier alpha value is -2.25. The van der Waals surface area contributed by atoms with Crippen LogP contribution >= 0.6 is 11.6 Å². The van der Waals surface area contributed by atoms with Crippen molar-refractivity contribution in [2.24, 2.45) is 7.05 Å². The van der Waals surface area contributed by atoms with E-state index in [2.05, 4.69) is 15.7 Å². The van der Waals surface area contributed by atoms with Crippen molar-refractivity contribution >= 4 is 22.5 Å². The molecule has 106 valence electrons. The molecular formula is C16H15ClN4. The van der Waals surface area contributed by atoms with E-state index in [1.807, 2.05) is 49.1 Å². The quantitative estimate of drug-likeness (QED) is 0.743.